The van der Waals surface area contributed by atoms with E-state index in [1.165, 1.54) is 36.6 Å². The zero-order chi connectivity index (χ0) is 21.0. The predicted octanol–water partition coefficient (Wildman–Crippen LogP) is 3.61. The van der Waals surface area contributed by atoms with E-state index in [-0.39, 0.29) is 29.3 Å². The number of anilines is 1. The van der Waals surface area contributed by atoms with Crippen LogP contribution in [0.4, 0.5) is 13.9 Å². The van der Waals surface area contributed by atoms with E-state index >= 15 is 0 Å². The molecule has 158 valence electrons. The standard InChI is InChI=1S/C19H23F2N3O4S/c1-11-7-24(8-12(2)27-11)9-14-10-29-19(22-14)23-17(25)13-4-5-15(28-18(20)21)16(6-13)26-3/h4-6,10-12,18H,7-9H2,1-3H3,(H,22,23,25)/t11-,12-/m1/s1. The molecule has 1 aliphatic heterocycles. The molecule has 2 atom stereocenters. The maximum atomic E-state index is 12.5. The molecule has 2 aromatic rings. The summed E-state index contributed by atoms with van der Waals surface area (Å²) in [6, 6.07) is 4.01. The van der Waals surface area contributed by atoms with E-state index in [0.717, 1.165) is 18.8 Å². The number of hydrogen-bond donors (Lipinski definition) is 1. The van der Waals surface area contributed by atoms with E-state index in [0.29, 0.717) is 11.7 Å². The van der Waals surface area contributed by atoms with Crippen LogP contribution in [0.3, 0.4) is 0 Å². The van der Waals surface area contributed by atoms with Gasteiger partial charge in [0.1, 0.15) is 0 Å². The second-order valence-electron chi connectivity index (χ2n) is 6.79. The number of halogens is 2. The molecule has 1 fully saturated rings. The highest BCUT2D eigenvalue weighted by Gasteiger charge is 2.23. The molecule has 29 heavy (non-hydrogen) atoms. The molecule has 0 spiro atoms. The maximum Gasteiger partial charge on any atom is 0.387 e. The lowest BCUT2D eigenvalue weighted by Gasteiger charge is -2.34. The zero-order valence-corrected chi connectivity index (χ0v) is 17.2. The van der Waals surface area contributed by atoms with Crippen molar-refractivity contribution in [2.24, 2.45) is 0 Å². The highest BCUT2D eigenvalue weighted by Crippen LogP contribution is 2.30. The first-order valence-corrected chi connectivity index (χ1v) is 9.98. The minimum atomic E-state index is -2.98. The van der Waals surface area contributed by atoms with Crippen LogP contribution in [0.5, 0.6) is 11.5 Å². The van der Waals surface area contributed by atoms with E-state index in [4.69, 9.17) is 9.47 Å². The van der Waals surface area contributed by atoms with Crippen LogP contribution in [-0.2, 0) is 11.3 Å². The number of aromatic nitrogens is 1. The average Bonchev–Trinajstić information content (AvgIpc) is 3.07. The molecule has 10 heteroatoms. The van der Waals surface area contributed by atoms with E-state index < -0.39 is 12.5 Å². The smallest absolute Gasteiger partial charge is 0.387 e. The summed E-state index contributed by atoms with van der Waals surface area (Å²) < 4.78 is 40.0. The van der Waals surface area contributed by atoms with E-state index in [1.807, 2.05) is 19.2 Å². The van der Waals surface area contributed by atoms with Crippen LogP contribution in [0, 0.1) is 0 Å². The first-order valence-electron chi connectivity index (χ1n) is 9.10. The van der Waals surface area contributed by atoms with Gasteiger partial charge in [-0.05, 0) is 32.0 Å². The summed E-state index contributed by atoms with van der Waals surface area (Å²) in [5.41, 5.74) is 1.11. The van der Waals surface area contributed by atoms with Crippen LogP contribution in [-0.4, -0.2) is 54.8 Å². The molecular formula is C19H23F2N3O4S. The molecule has 1 N–H and O–H groups in total. The number of methoxy groups -OCH3 is 1. The minimum absolute atomic E-state index is 0.0494. The van der Waals surface area contributed by atoms with Crippen molar-refractivity contribution in [2.75, 3.05) is 25.5 Å². The second kappa shape index (κ2) is 9.47. The minimum Gasteiger partial charge on any atom is -0.493 e. The fraction of sp³-hybridized carbons (Fsp3) is 0.474. The van der Waals surface area contributed by atoms with Crippen LogP contribution >= 0.6 is 11.3 Å². The Hall–Kier alpha value is -2.30. The summed E-state index contributed by atoms with van der Waals surface area (Å²) in [5, 5.41) is 5.09. The van der Waals surface area contributed by atoms with E-state index in [9.17, 15) is 13.6 Å². The Morgan fingerprint density at radius 2 is 2.07 bits per heavy atom. The summed E-state index contributed by atoms with van der Waals surface area (Å²) in [6.45, 7) is 3.45. The average molecular weight is 427 g/mol. The molecule has 1 amide bonds. The number of carbonyl (C=O) groups excluding carboxylic acids is 1. The number of morpholine rings is 1. The summed E-state index contributed by atoms with van der Waals surface area (Å²) >= 11 is 1.33. The number of alkyl halides is 2. The lowest BCUT2D eigenvalue weighted by Crippen LogP contribution is -2.44. The monoisotopic (exact) mass is 427 g/mol. The first kappa shape index (κ1) is 21.4. The van der Waals surface area contributed by atoms with Crippen molar-refractivity contribution in [1.29, 1.82) is 0 Å². The number of amides is 1. The van der Waals surface area contributed by atoms with Crippen LogP contribution in [0.15, 0.2) is 23.6 Å². The van der Waals surface area contributed by atoms with Crippen molar-refractivity contribution < 1.29 is 27.8 Å². The second-order valence-corrected chi connectivity index (χ2v) is 7.65. The van der Waals surface area contributed by atoms with Gasteiger partial charge in [0.2, 0.25) is 0 Å². The number of carbonyl (C=O) groups is 1. The molecule has 2 heterocycles. The first-order chi connectivity index (χ1) is 13.8. The molecule has 0 bridgehead atoms. The largest absolute Gasteiger partial charge is 0.493 e. The summed E-state index contributed by atoms with van der Waals surface area (Å²) in [6.07, 6.45) is 0.340. The molecule has 0 saturated carbocycles. The maximum absolute atomic E-state index is 12.5. The molecule has 0 radical (unpaired) electrons. The molecule has 1 aromatic heterocycles. The number of benzene rings is 1. The van der Waals surface area contributed by atoms with Gasteiger partial charge in [0, 0.05) is 30.6 Å². The third kappa shape index (κ3) is 5.84. The van der Waals surface area contributed by atoms with Gasteiger partial charge in [0.25, 0.3) is 5.91 Å². The summed E-state index contributed by atoms with van der Waals surface area (Å²) in [5.74, 6) is -0.501. The third-order valence-electron chi connectivity index (χ3n) is 4.29. The number of rotatable bonds is 7. The number of hydrogen-bond acceptors (Lipinski definition) is 7. The number of ether oxygens (including phenoxy) is 3. The van der Waals surface area contributed by atoms with Crippen molar-refractivity contribution in [1.82, 2.24) is 9.88 Å². The van der Waals surface area contributed by atoms with Gasteiger partial charge in [0.15, 0.2) is 16.6 Å². The van der Waals surface area contributed by atoms with Gasteiger partial charge in [-0.25, -0.2) is 4.98 Å². The van der Waals surface area contributed by atoms with E-state index in [2.05, 4.69) is 19.9 Å². The Morgan fingerprint density at radius 3 is 2.72 bits per heavy atom. The Morgan fingerprint density at radius 1 is 1.34 bits per heavy atom. The normalized spacial score (nSPS) is 19.9. The van der Waals surface area contributed by atoms with Crippen LogP contribution in [0.1, 0.15) is 29.9 Å². The fourth-order valence-electron chi connectivity index (χ4n) is 3.25. The molecule has 1 aliphatic rings. The Balaban J connectivity index is 1.62. The molecular weight excluding hydrogens is 404 g/mol. The lowest BCUT2D eigenvalue weighted by molar-refractivity contribution is -0.0707. The van der Waals surface area contributed by atoms with Crippen LogP contribution in [0.2, 0.25) is 0 Å². The highest BCUT2D eigenvalue weighted by atomic mass is 32.1. The van der Waals surface area contributed by atoms with Crippen molar-refractivity contribution >= 4 is 22.4 Å². The number of thiazole rings is 1. The van der Waals surface area contributed by atoms with E-state index in [1.54, 1.807) is 0 Å². The van der Waals surface area contributed by atoms with Gasteiger partial charge >= 0.3 is 6.61 Å². The predicted molar refractivity (Wildman–Crippen MR) is 105 cm³/mol. The summed E-state index contributed by atoms with van der Waals surface area (Å²) in [4.78, 5) is 19.2. The molecule has 1 saturated heterocycles. The molecule has 0 aliphatic carbocycles. The van der Waals surface area contributed by atoms with Crippen molar-refractivity contribution in [2.45, 2.75) is 39.2 Å². The summed E-state index contributed by atoms with van der Waals surface area (Å²) in [7, 11) is 1.32. The van der Waals surface area contributed by atoms with Gasteiger partial charge in [-0.1, -0.05) is 0 Å². The number of nitrogens with one attached hydrogen (secondary N) is 1. The van der Waals surface area contributed by atoms with Crippen molar-refractivity contribution in [3.8, 4) is 11.5 Å². The van der Waals surface area contributed by atoms with Crippen molar-refractivity contribution in [3.05, 3.63) is 34.8 Å². The Bertz CT molecular complexity index is 839. The van der Waals surface area contributed by atoms with Gasteiger partial charge in [-0.3, -0.25) is 15.0 Å². The zero-order valence-electron chi connectivity index (χ0n) is 16.4. The molecule has 0 unspecified atom stereocenters. The Kier molecular flexibility index (Phi) is 6.99. The van der Waals surface area contributed by atoms with Crippen molar-refractivity contribution in [3.63, 3.8) is 0 Å². The van der Waals surface area contributed by atoms with Gasteiger partial charge in [-0.15, -0.1) is 11.3 Å². The topological polar surface area (TPSA) is 72.9 Å². The third-order valence-corrected chi connectivity index (χ3v) is 5.10. The molecule has 1 aromatic carbocycles. The van der Waals surface area contributed by atoms with Crippen LogP contribution in [0.25, 0.3) is 0 Å². The van der Waals surface area contributed by atoms with Gasteiger partial charge in [-0.2, -0.15) is 8.78 Å². The lowest BCUT2D eigenvalue weighted by atomic mass is 10.2. The van der Waals surface area contributed by atoms with Crippen LogP contribution < -0.4 is 14.8 Å². The Labute approximate surface area is 171 Å². The molecule has 3 rings (SSSR count). The fourth-order valence-corrected chi connectivity index (χ4v) is 3.95. The van der Waals surface area contributed by atoms with Gasteiger partial charge < -0.3 is 14.2 Å². The molecule has 7 nitrogen and oxygen atoms in total. The van der Waals surface area contributed by atoms with Gasteiger partial charge in [0.05, 0.1) is 25.0 Å². The highest BCUT2D eigenvalue weighted by molar-refractivity contribution is 7.13. The quantitative estimate of drug-likeness (QED) is 0.728. The number of nitrogens with zero attached hydrogens (tertiary/aromatic N) is 2. The SMILES string of the molecule is COc1cc(C(=O)Nc2nc(CN3C[C@@H](C)O[C@H](C)C3)cs2)ccc1OC(F)F.